The van der Waals surface area contributed by atoms with Gasteiger partial charge in [-0.15, -0.1) is 0 Å². The molecule has 1 fully saturated rings. The Balaban J connectivity index is 1.82. The quantitative estimate of drug-likeness (QED) is 0.313. The van der Waals surface area contributed by atoms with E-state index in [1.807, 2.05) is 68.4 Å². The zero-order valence-electron chi connectivity index (χ0n) is 18.2. The Morgan fingerprint density at radius 1 is 0.875 bits per heavy atom. The Morgan fingerprint density at radius 3 is 2.00 bits per heavy atom. The maximum absolute atomic E-state index is 13.6. The van der Waals surface area contributed by atoms with Crippen LogP contribution in [-0.4, -0.2) is 31.8 Å². The van der Waals surface area contributed by atoms with Gasteiger partial charge in [-0.05, 0) is 43.2 Å². The molecule has 3 aromatic rings. The van der Waals surface area contributed by atoms with Gasteiger partial charge in [0.2, 0.25) is 10.0 Å². The lowest BCUT2D eigenvalue weighted by Gasteiger charge is -2.09. The average Bonchev–Trinajstić information content (AvgIpc) is 3.55. The summed E-state index contributed by atoms with van der Waals surface area (Å²) in [4.78, 5) is 13.0. The summed E-state index contributed by atoms with van der Waals surface area (Å²) in [7, 11) is -2.52. The Morgan fingerprint density at radius 2 is 1.44 bits per heavy atom. The van der Waals surface area contributed by atoms with Gasteiger partial charge >= 0.3 is 5.97 Å². The molecule has 1 heterocycles. The van der Waals surface area contributed by atoms with Gasteiger partial charge in [-0.1, -0.05) is 77.9 Å². The van der Waals surface area contributed by atoms with Crippen LogP contribution in [-0.2, 0) is 19.6 Å². The molecule has 0 N–H and O–H groups in total. The van der Waals surface area contributed by atoms with Crippen LogP contribution in [0.25, 0.3) is 6.08 Å². The van der Waals surface area contributed by atoms with Gasteiger partial charge in [-0.25, -0.2) is 13.2 Å². The second kappa shape index (κ2) is 8.73. The molecule has 0 bridgehead atoms. The van der Waals surface area contributed by atoms with Gasteiger partial charge in [-0.2, -0.15) is 4.31 Å². The number of aryl methyl sites for hydroxylation is 2. The molecule has 32 heavy (non-hydrogen) atoms. The smallest absolute Gasteiger partial charge is 0.335 e. The lowest BCUT2D eigenvalue weighted by Crippen LogP contribution is -2.19. The first kappa shape index (κ1) is 22.0. The fourth-order valence-corrected chi connectivity index (χ4v) is 5.59. The molecule has 0 amide bonds. The molecule has 1 saturated heterocycles. The molecule has 0 aromatic heterocycles. The van der Waals surface area contributed by atoms with Crippen LogP contribution in [0.5, 0.6) is 0 Å². The Kier molecular flexibility index (Phi) is 6.00. The van der Waals surface area contributed by atoms with Crippen LogP contribution in [0, 0.1) is 13.8 Å². The molecule has 0 radical (unpaired) electrons. The lowest BCUT2D eigenvalue weighted by molar-refractivity contribution is -0.136. The first-order valence-corrected chi connectivity index (χ1v) is 11.8. The lowest BCUT2D eigenvalue weighted by atomic mass is 10.0. The summed E-state index contributed by atoms with van der Waals surface area (Å²) in [6, 6.07) is 22.7. The molecule has 5 nitrogen and oxygen atoms in total. The van der Waals surface area contributed by atoms with E-state index in [0.29, 0.717) is 5.57 Å². The Hall–Kier alpha value is -3.22. The highest BCUT2D eigenvalue weighted by Crippen LogP contribution is 2.51. The van der Waals surface area contributed by atoms with E-state index in [1.54, 1.807) is 30.3 Å². The van der Waals surface area contributed by atoms with E-state index in [0.717, 1.165) is 22.3 Å². The first-order chi connectivity index (χ1) is 15.3. The van der Waals surface area contributed by atoms with Crippen LogP contribution in [0.4, 0.5) is 0 Å². The predicted octanol–water partition coefficient (Wildman–Crippen LogP) is 4.67. The number of carbonyl (C=O) groups is 1. The van der Waals surface area contributed by atoms with Crippen molar-refractivity contribution in [3.8, 4) is 0 Å². The molecule has 0 spiro atoms. The van der Waals surface area contributed by atoms with E-state index >= 15 is 0 Å². The normalized spacial score (nSPS) is 20.6. The average molecular weight is 448 g/mol. The monoisotopic (exact) mass is 447 g/mol. The summed E-state index contributed by atoms with van der Waals surface area (Å²) in [6.45, 7) is 3.88. The van der Waals surface area contributed by atoms with E-state index in [9.17, 15) is 13.2 Å². The largest absolute Gasteiger partial charge is 0.466 e. The molecular weight excluding hydrogens is 422 g/mol. The second-order valence-corrected chi connectivity index (χ2v) is 9.79. The number of esters is 1. The third-order valence-corrected chi connectivity index (χ3v) is 7.51. The van der Waals surface area contributed by atoms with E-state index in [-0.39, 0.29) is 4.90 Å². The Bertz CT molecular complexity index is 1250. The number of ether oxygens (including phenoxy) is 1. The molecule has 164 valence electrons. The number of nitrogens with zero attached hydrogens (tertiary/aromatic N) is 1. The van der Waals surface area contributed by atoms with Crippen LogP contribution in [0.2, 0.25) is 0 Å². The summed E-state index contributed by atoms with van der Waals surface area (Å²) < 4.78 is 33.6. The van der Waals surface area contributed by atoms with Gasteiger partial charge in [0.25, 0.3) is 0 Å². The number of carbonyl (C=O) groups excluding carboxylic acids is 1. The minimum absolute atomic E-state index is 0.201. The first-order valence-electron chi connectivity index (χ1n) is 10.3. The van der Waals surface area contributed by atoms with Crippen molar-refractivity contribution < 1.29 is 17.9 Å². The minimum atomic E-state index is -3.83. The molecular formula is C26H25NO4S. The highest BCUT2D eigenvalue weighted by molar-refractivity contribution is 7.89. The molecule has 1 aliphatic rings. The highest BCUT2D eigenvalue weighted by Gasteiger charge is 2.59. The van der Waals surface area contributed by atoms with Crippen LogP contribution in [0.15, 0.2) is 89.3 Å². The third kappa shape index (κ3) is 4.24. The third-order valence-electron chi connectivity index (χ3n) is 5.63. The maximum Gasteiger partial charge on any atom is 0.335 e. The number of rotatable bonds is 6. The fourth-order valence-electron chi connectivity index (χ4n) is 3.85. The van der Waals surface area contributed by atoms with Crippen molar-refractivity contribution >= 4 is 22.1 Å². The molecule has 1 unspecified atom stereocenters. The standard InChI is InChI=1S/C26H25NO4S/c1-18-9-13-21(14-10-18)24-25(23(26(28)31-3)17-20-7-5-4-6-8-20)27(24)32(29,30)22-15-11-19(2)12-16-22/h4-17,24-25H,1-3H3/b23-17+/t24-,25-,27?/m1/s1. The van der Waals surface area contributed by atoms with Gasteiger partial charge < -0.3 is 4.74 Å². The van der Waals surface area contributed by atoms with E-state index in [2.05, 4.69) is 0 Å². The number of hydrogen-bond donors (Lipinski definition) is 0. The SMILES string of the molecule is COC(=O)/C(=C/c1ccccc1)[C@@H]1[C@@H](c2ccc(C)cc2)N1S(=O)(=O)c1ccc(C)cc1. The number of sulfonamides is 1. The van der Waals surface area contributed by atoms with Crippen molar-refractivity contribution in [2.75, 3.05) is 7.11 Å². The molecule has 4 rings (SSSR count). The van der Waals surface area contributed by atoms with E-state index in [1.165, 1.54) is 11.4 Å². The topological polar surface area (TPSA) is 63.5 Å². The number of methoxy groups -OCH3 is 1. The van der Waals surface area contributed by atoms with Crippen molar-refractivity contribution in [2.24, 2.45) is 0 Å². The van der Waals surface area contributed by atoms with Gasteiger partial charge in [0.05, 0.1) is 29.7 Å². The zero-order valence-corrected chi connectivity index (χ0v) is 19.0. The van der Waals surface area contributed by atoms with Crippen LogP contribution >= 0.6 is 0 Å². The van der Waals surface area contributed by atoms with Gasteiger partial charge in [0.1, 0.15) is 0 Å². The minimum Gasteiger partial charge on any atom is -0.466 e. The van der Waals surface area contributed by atoms with Crippen molar-refractivity contribution in [3.63, 3.8) is 0 Å². The summed E-state index contributed by atoms with van der Waals surface area (Å²) in [6.07, 6.45) is 1.71. The summed E-state index contributed by atoms with van der Waals surface area (Å²) in [5, 5.41) is 0. The summed E-state index contributed by atoms with van der Waals surface area (Å²) >= 11 is 0. The van der Waals surface area contributed by atoms with Crippen molar-refractivity contribution in [1.29, 1.82) is 0 Å². The highest BCUT2D eigenvalue weighted by atomic mass is 32.2. The summed E-state index contributed by atoms with van der Waals surface area (Å²) in [5.41, 5.74) is 3.99. The maximum atomic E-state index is 13.6. The molecule has 1 aliphatic heterocycles. The molecule has 3 aromatic carbocycles. The van der Waals surface area contributed by atoms with Gasteiger partial charge in [0.15, 0.2) is 0 Å². The fraction of sp³-hybridized carbons (Fsp3) is 0.192. The van der Waals surface area contributed by atoms with Crippen LogP contribution in [0.1, 0.15) is 28.3 Å². The van der Waals surface area contributed by atoms with Crippen molar-refractivity contribution in [1.82, 2.24) is 4.31 Å². The zero-order chi connectivity index (χ0) is 22.9. The Labute approximate surface area is 189 Å². The molecule has 0 saturated carbocycles. The van der Waals surface area contributed by atoms with E-state index in [4.69, 9.17) is 4.74 Å². The van der Waals surface area contributed by atoms with Crippen molar-refractivity contribution in [3.05, 3.63) is 107 Å². The second-order valence-electron chi connectivity index (χ2n) is 7.95. The van der Waals surface area contributed by atoms with E-state index < -0.39 is 28.1 Å². The van der Waals surface area contributed by atoms with Gasteiger partial charge in [0, 0.05) is 0 Å². The molecule has 6 heteroatoms. The molecule has 3 atom stereocenters. The van der Waals surface area contributed by atoms with Crippen molar-refractivity contribution in [2.45, 2.75) is 30.8 Å². The van der Waals surface area contributed by atoms with Crippen LogP contribution < -0.4 is 0 Å². The molecule has 0 aliphatic carbocycles. The van der Waals surface area contributed by atoms with Gasteiger partial charge in [-0.3, -0.25) is 0 Å². The number of hydrogen-bond acceptors (Lipinski definition) is 4. The summed E-state index contributed by atoms with van der Waals surface area (Å²) in [5.74, 6) is -0.544. The number of benzene rings is 3. The predicted molar refractivity (Wildman–Crippen MR) is 124 cm³/mol. The van der Waals surface area contributed by atoms with Crippen LogP contribution in [0.3, 0.4) is 0 Å².